The van der Waals surface area contributed by atoms with E-state index in [1.54, 1.807) is 4.90 Å². The van der Waals surface area contributed by atoms with E-state index in [9.17, 15) is 10.1 Å². The van der Waals surface area contributed by atoms with E-state index in [0.717, 1.165) is 67.4 Å². The summed E-state index contributed by atoms with van der Waals surface area (Å²) in [6.07, 6.45) is 2.33. The molecule has 2 aliphatic heterocycles. The maximum atomic E-state index is 12.7. The summed E-state index contributed by atoms with van der Waals surface area (Å²) in [5, 5.41) is 14.9. The molecule has 3 aromatic heterocycles. The molecule has 1 amide bonds. The third kappa shape index (κ3) is 6.63. The molecule has 0 spiro atoms. The number of aromatic nitrogens is 3. The first-order valence-corrected chi connectivity index (χ1v) is 17.4. The predicted octanol–water partition coefficient (Wildman–Crippen LogP) is 5.27. The molecule has 47 heavy (non-hydrogen) atoms. The van der Waals surface area contributed by atoms with Crippen LogP contribution in [0.4, 0.5) is 21.3 Å². The van der Waals surface area contributed by atoms with Crippen LogP contribution in [0.15, 0.2) is 16.7 Å². The lowest BCUT2D eigenvalue weighted by atomic mass is 9.72. The summed E-state index contributed by atoms with van der Waals surface area (Å²) in [5.41, 5.74) is 8.30. The number of rotatable bonds is 4. The summed E-state index contributed by atoms with van der Waals surface area (Å²) >= 11 is 1.49. The van der Waals surface area contributed by atoms with Gasteiger partial charge in [0.25, 0.3) is 0 Å². The first-order chi connectivity index (χ1) is 22.2. The summed E-state index contributed by atoms with van der Waals surface area (Å²) in [4.78, 5) is 32.8. The molecule has 1 aliphatic carbocycles. The van der Waals surface area contributed by atoms with E-state index in [-0.39, 0.29) is 11.6 Å². The number of nitrogens with two attached hydrogens (primary N) is 1. The maximum absolute atomic E-state index is 12.7. The lowest BCUT2D eigenvalue weighted by Crippen LogP contribution is -2.53. The Labute approximate surface area is 281 Å². The molecule has 2 saturated heterocycles. The number of thiophene rings is 1. The molecule has 13 heteroatoms. The fourth-order valence-corrected chi connectivity index (χ4v) is 8.09. The molecular formula is C34H47N9O3S. The first-order valence-electron chi connectivity index (χ1n) is 16.6. The molecule has 3 aliphatic rings. The Morgan fingerprint density at radius 3 is 2.34 bits per heavy atom. The summed E-state index contributed by atoms with van der Waals surface area (Å²) < 4.78 is 11.6. The number of hydrogen-bond donors (Lipinski definition) is 1. The number of hydrogen-bond acceptors (Lipinski definition) is 12. The molecule has 1 atom stereocenters. The van der Waals surface area contributed by atoms with Crippen molar-refractivity contribution in [2.45, 2.75) is 84.3 Å². The second-order valence-electron chi connectivity index (χ2n) is 15.0. The van der Waals surface area contributed by atoms with Crippen LogP contribution in [0.5, 0.6) is 0 Å². The Balaban J connectivity index is 1.31. The van der Waals surface area contributed by atoms with Gasteiger partial charge in [0.2, 0.25) is 11.7 Å². The van der Waals surface area contributed by atoms with Crippen molar-refractivity contribution in [2.75, 3.05) is 67.9 Å². The molecule has 0 bridgehead atoms. The lowest BCUT2D eigenvalue weighted by molar-refractivity contribution is 0.0240. The highest BCUT2D eigenvalue weighted by Gasteiger charge is 2.43. The second kappa shape index (κ2) is 12.3. The number of piperazine rings is 2. The predicted molar refractivity (Wildman–Crippen MR) is 184 cm³/mol. The smallest absolute Gasteiger partial charge is 0.410 e. The van der Waals surface area contributed by atoms with Crippen molar-refractivity contribution >= 4 is 33.9 Å². The van der Waals surface area contributed by atoms with Crippen molar-refractivity contribution in [1.29, 1.82) is 5.26 Å². The van der Waals surface area contributed by atoms with Crippen LogP contribution in [0.25, 0.3) is 11.5 Å². The molecule has 12 nitrogen and oxygen atoms in total. The number of amides is 1. The largest absolute Gasteiger partial charge is 0.444 e. The van der Waals surface area contributed by atoms with Crippen LogP contribution >= 0.6 is 11.3 Å². The van der Waals surface area contributed by atoms with Crippen LogP contribution in [0.1, 0.15) is 83.2 Å². The number of fused-ring (bicyclic) bond motifs is 1. The summed E-state index contributed by atoms with van der Waals surface area (Å²) in [6, 6.07) is 6.48. The molecular weight excluding hydrogens is 615 g/mol. The minimum atomic E-state index is -0.611. The average molecular weight is 662 g/mol. The number of ether oxygens (including phenoxy) is 1. The van der Waals surface area contributed by atoms with Gasteiger partial charge in [0, 0.05) is 80.1 Å². The fourth-order valence-electron chi connectivity index (χ4n) is 6.90. The molecule has 2 N–H and O–H groups in total. The Hall–Kier alpha value is -3.89. The number of nitriles is 1. The molecule has 0 radical (unpaired) electrons. The van der Waals surface area contributed by atoms with Crippen LogP contribution in [0.3, 0.4) is 0 Å². The number of nitrogen functional groups attached to an aromatic ring is 1. The number of carbonyl (C=O) groups is 1. The van der Waals surface area contributed by atoms with Crippen molar-refractivity contribution in [3.05, 3.63) is 34.0 Å². The van der Waals surface area contributed by atoms with Gasteiger partial charge in [-0.25, -0.2) is 9.78 Å². The minimum Gasteiger partial charge on any atom is -0.444 e. The van der Waals surface area contributed by atoms with E-state index in [4.69, 9.17) is 25.0 Å². The quantitative estimate of drug-likeness (QED) is 0.391. The van der Waals surface area contributed by atoms with Gasteiger partial charge in [0.05, 0.1) is 11.0 Å². The number of nitrogens with zero attached hydrogens (tertiary/aromatic N) is 8. The first kappa shape index (κ1) is 33.0. The van der Waals surface area contributed by atoms with Crippen molar-refractivity contribution in [3.63, 3.8) is 0 Å². The molecule has 3 aromatic rings. The standard InChI is InChI=1S/C34H47N9O3S/c1-32(2,3)43-17-15-41(16-18-43)26-20-22(40-11-13-42(14-12-40)31(44)45-33(4,5)6)19-24(37-26)29-38-30(46-39-29)34(7)10-8-9-25-27(34)23(21-35)28(36)47-25/h19-20H,8-18,36H2,1-7H3. The van der Waals surface area contributed by atoms with E-state index in [1.807, 2.05) is 26.8 Å². The number of carbonyl (C=O) groups excluding carboxylic acids is 1. The Bertz CT molecular complexity index is 1660. The summed E-state index contributed by atoms with van der Waals surface area (Å²) in [5.74, 6) is 1.76. The monoisotopic (exact) mass is 661 g/mol. The zero-order valence-corrected chi connectivity index (χ0v) is 29.5. The van der Waals surface area contributed by atoms with E-state index in [0.29, 0.717) is 54.2 Å². The highest BCUT2D eigenvalue weighted by Crippen LogP contribution is 2.48. The van der Waals surface area contributed by atoms with Gasteiger partial charge in [0.15, 0.2) is 0 Å². The van der Waals surface area contributed by atoms with E-state index >= 15 is 0 Å². The van der Waals surface area contributed by atoms with Crippen LogP contribution in [0.2, 0.25) is 0 Å². The average Bonchev–Trinajstić information content (AvgIpc) is 3.65. The second-order valence-corrected chi connectivity index (χ2v) is 16.2. The molecule has 2 fully saturated rings. The molecule has 1 unspecified atom stereocenters. The highest BCUT2D eigenvalue weighted by molar-refractivity contribution is 7.16. The lowest BCUT2D eigenvalue weighted by Gasteiger charge is -2.43. The number of pyridine rings is 1. The van der Waals surface area contributed by atoms with Crippen molar-refractivity contribution in [1.82, 2.24) is 24.9 Å². The van der Waals surface area contributed by atoms with Crippen LogP contribution < -0.4 is 15.5 Å². The SMILES string of the molecule is CC(C)(C)OC(=O)N1CCN(c2cc(-c3noc(C4(C)CCCc5sc(N)c(C#N)c54)n3)nc(N3CCN(C(C)(C)C)CC3)c2)CC1. The van der Waals surface area contributed by atoms with Gasteiger partial charge in [-0.1, -0.05) is 5.16 Å². The van der Waals surface area contributed by atoms with E-state index < -0.39 is 11.0 Å². The Morgan fingerprint density at radius 1 is 1.02 bits per heavy atom. The minimum absolute atomic E-state index is 0.106. The number of anilines is 3. The van der Waals surface area contributed by atoms with Gasteiger partial charge in [-0.05, 0) is 73.8 Å². The van der Waals surface area contributed by atoms with Crippen molar-refractivity contribution in [2.24, 2.45) is 0 Å². The van der Waals surface area contributed by atoms with Gasteiger partial charge in [-0.15, -0.1) is 11.3 Å². The van der Waals surface area contributed by atoms with Gasteiger partial charge >= 0.3 is 6.09 Å². The maximum Gasteiger partial charge on any atom is 0.410 e. The third-order valence-corrected chi connectivity index (χ3v) is 10.6. The van der Waals surface area contributed by atoms with Crippen LogP contribution in [0, 0.1) is 11.3 Å². The Morgan fingerprint density at radius 2 is 1.70 bits per heavy atom. The molecule has 252 valence electrons. The van der Waals surface area contributed by atoms with Gasteiger partial charge < -0.3 is 29.7 Å². The van der Waals surface area contributed by atoms with Crippen molar-refractivity contribution in [3.8, 4) is 17.6 Å². The van der Waals surface area contributed by atoms with Gasteiger partial charge in [0.1, 0.15) is 28.2 Å². The van der Waals surface area contributed by atoms with Gasteiger partial charge in [-0.3, -0.25) is 4.90 Å². The van der Waals surface area contributed by atoms with E-state index in [1.165, 1.54) is 11.3 Å². The fraction of sp³-hybridized carbons (Fsp3) is 0.618. The van der Waals surface area contributed by atoms with Crippen LogP contribution in [-0.4, -0.2) is 94.5 Å². The molecule has 5 heterocycles. The molecule has 6 rings (SSSR count). The highest BCUT2D eigenvalue weighted by atomic mass is 32.1. The third-order valence-electron chi connectivity index (χ3n) is 9.53. The van der Waals surface area contributed by atoms with Gasteiger partial charge in [-0.2, -0.15) is 10.2 Å². The normalized spacial score (nSPS) is 21.0. The van der Waals surface area contributed by atoms with Crippen LogP contribution in [-0.2, 0) is 16.6 Å². The van der Waals surface area contributed by atoms with E-state index in [2.05, 4.69) is 59.7 Å². The van der Waals surface area contributed by atoms with Crippen molar-refractivity contribution < 1.29 is 14.1 Å². The Kier molecular flexibility index (Phi) is 8.63. The summed E-state index contributed by atoms with van der Waals surface area (Å²) in [6.45, 7) is 20.5. The molecule has 0 aromatic carbocycles. The zero-order valence-electron chi connectivity index (χ0n) is 28.7. The zero-order chi connectivity index (χ0) is 33.7. The number of aryl methyl sites for hydroxylation is 1. The molecule has 0 saturated carbocycles. The summed E-state index contributed by atoms with van der Waals surface area (Å²) in [7, 11) is 0. The topological polar surface area (TPSA) is 141 Å².